The molecule has 3 aromatic carbocycles. The Hall–Kier alpha value is -2.39. The Kier molecular flexibility index (Phi) is 3.32. The van der Waals surface area contributed by atoms with Crippen LogP contribution < -0.4 is 4.90 Å². The van der Waals surface area contributed by atoms with Gasteiger partial charge in [-0.25, -0.2) is 4.98 Å². The molecule has 2 nitrogen and oxygen atoms in total. The van der Waals surface area contributed by atoms with Crippen LogP contribution in [0.2, 0.25) is 0 Å². The van der Waals surface area contributed by atoms with Crippen LogP contribution in [0, 0.1) is 0 Å². The molecule has 0 amide bonds. The molecule has 0 bridgehead atoms. The second-order valence-corrected chi connectivity index (χ2v) is 7.52. The van der Waals surface area contributed by atoms with Crippen molar-refractivity contribution in [2.24, 2.45) is 0 Å². The van der Waals surface area contributed by atoms with Gasteiger partial charge in [-0.05, 0) is 43.2 Å². The third-order valence-corrected chi connectivity index (χ3v) is 5.74. The molecular weight excluding hydrogens is 372 g/mol. The number of rotatable bonds is 1. The summed E-state index contributed by atoms with van der Waals surface area (Å²) >= 11 is 3.77. The molecule has 1 aliphatic rings. The number of benzene rings is 3. The van der Waals surface area contributed by atoms with Gasteiger partial charge in [0.15, 0.2) is 0 Å². The SMILES string of the molecule is C[C@H]1Cc2ccccc2N1c1c2ccccc2nc2cccc(Br)c12. The third kappa shape index (κ3) is 2.19. The highest BCUT2D eigenvalue weighted by Gasteiger charge is 2.30. The van der Waals surface area contributed by atoms with Crippen molar-refractivity contribution >= 4 is 49.1 Å². The second kappa shape index (κ2) is 5.57. The maximum absolute atomic E-state index is 4.89. The number of hydrogen-bond acceptors (Lipinski definition) is 2. The number of para-hydroxylation sites is 2. The van der Waals surface area contributed by atoms with Crippen LogP contribution in [-0.2, 0) is 6.42 Å². The third-order valence-electron chi connectivity index (χ3n) is 5.08. The number of aromatic nitrogens is 1. The molecular formula is C22H17BrN2. The first kappa shape index (κ1) is 14.9. The molecule has 0 fully saturated rings. The van der Waals surface area contributed by atoms with Gasteiger partial charge in [0.2, 0.25) is 0 Å². The van der Waals surface area contributed by atoms with Gasteiger partial charge in [0, 0.05) is 27.0 Å². The van der Waals surface area contributed by atoms with Crippen LogP contribution in [0.4, 0.5) is 11.4 Å². The molecule has 1 aliphatic heterocycles. The predicted molar refractivity (Wildman–Crippen MR) is 109 cm³/mol. The van der Waals surface area contributed by atoms with Gasteiger partial charge in [-0.1, -0.05) is 58.4 Å². The Morgan fingerprint density at radius 1 is 0.920 bits per heavy atom. The van der Waals surface area contributed by atoms with Gasteiger partial charge in [0.05, 0.1) is 16.7 Å². The summed E-state index contributed by atoms with van der Waals surface area (Å²) in [5.41, 5.74) is 6.05. The molecule has 25 heavy (non-hydrogen) atoms. The molecule has 0 saturated heterocycles. The molecule has 1 aromatic heterocycles. The molecule has 0 spiro atoms. The largest absolute Gasteiger partial charge is 0.337 e. The summed E-state index contributed by atoms with van der Waals surface area (Å²) in [6.07, 6.45) is 1.07. The van der Waals surface area contributed by atoms with Gasteiger partial charge in [-0.3, -0.25) is 0 Å². The number of fused-ring (bicyclic) bond motifs is 3. The smallest absolute Gasteiger partial charge is 0.0742 e. The average molecular weight is 389 g/mol. The normalized spacial score (nSPS) is 16.6. The van der Waals surface area contributed by atoms with Gasteiger partial charge < -0.3 is 4.90 Å². The Bertz CT molecular complexity index is 1120. The Morgan fingerprint density at radius 2 is 1.68 bits per heavy atom. The molecule has 2 heterocycles. The predicted octanol–water partition coefficient (Wildman–Crippen LogP) is 6.23. The zero-order chi connectivity index (χ0) is 17.0. The zero-order valence-corrected chi connectivity index (χ0v) is 15.5. The molecule has 0 aliphatic carbocycles. The summed E-state index contributed by atoms with van der Waals surface area (Å²) in [5, 5.41) is 2.38. The van der Waals surface area contributed by atoms with Crippen molar-refractivity contribution in [2.75, 3.05) is 4.90 Å². The topological polar surface area (TPSA) is 16.1 Å². The van der Waals surface area contributed by atoms with Crippen molar-refractivity contribution in [3.63, 3.8) is 0 Å². The summed E-state index contributed by atoms with van der Waals surface area (Å²) in [6.45, 7) is 2.30. The van der Waals surface area contributed by atoms with Crippen LogP contribution >= 0.6 is 15.9 Å². The Balaban J connectivity index is 1.94. The molecule has 0 saturated carbocycles. The van der Waals surface area contributed by atoms with Gasteiger partial charge in [-0.15, -0.1) is 0 Å². The van der Waals surface area contributed by atoms with E-state index >= 15 is 0 Å². The van der Waals surface area contributed by atoms with Gasteiger partial charge in [-0.2, -0.15) is 0 Å². The van der Waals surface area contributed by atoms with E-state index in [1.165, 1.54) is 27.7 Å². The van der Waals surface area contributed by atoms with Crippen molar-refractivity contribution in [3.05, 3.63) is 76.8 Å². The monoisotopic (exact) mass is 388 g/mol. The fourth-order valence-corrected chi connectivity index (χ4v) is 4.58. The van der Waals surface area contributed by atoms with E-state index in [1.807, 2.05) is 0 Å². The van der Waals surface area contributed by atoms with Gasteiger partial charge in [0.1, 0.15) is 0 Å². The van der Waals surface area contributed by atoms with Gasteiger partial charge >= 0.3 is 0 Å². The van der Waals surface area contributed by atoms with Crippen LogP contribution in [0.25, 0.3) is 21.8 Å². The Labute approximate surface area is 155 Å². The number of pyridine rings is 1. The highest BCUT2D eigenvalue weighted by Crippen LogP contribution is 2.45. The lowest BCUT2D eigenvalue weighted by Crippen LogP contribution is -2.24. The molecule has 4 aromatic rings. The summed E-state index contributed by atoms with van der Waals surface area (Å²) < 4.78 is 1.09. The van der Waals surface area contributed by atoms with E-state index in [-0.39, 0.29) is 0 Å². The first-order valence-corrected chi connectivity index (χ1v) is 9.37. The number of halogens is 1. The van der Waals surface area contributed by atoms with E-state index < -0.39 is 0 Å². The minimum absolute atomic E-state index is 0.415. The first-order chi connectivity index (χ1) is 12.2. The molecule has 3 heteroatoms. The van der Waals surface area contributed by atoms with E-state index in [0.29, 0.717) is 6.04 Å². The number of nitrogens with zero attached hydrogens (tertiary/aromatic N) is 2. The van der Waals surface area contributed by atoms with E-state index in [2.05, 4.69) is 94.5 Å². The highest BCUT2D eigenvalue weighted by molar-refractivity contribution is 9.10. The lowest BCUT2D eigenvalue weighted by atomic mass is 10.1. The van der Waals surface area contributed by atoms with Crippen LogP contribution in [-0.4, -0.2) is 11.0 Å². The van der Waals surface area contributed by atoms with Crippen LogP contribution in [0.5, 0.6) is 0 Å². The van der Waals surface area contributed by atoms with E-state index in [0.717, 1.165) is 21.9 Å². The lowest BCUT2D eigenvalue weighted by molar-refractivity contribution is 0.762. The van der Waals surface area contributed by atoms with Gasteiger partial charge in [0.25, 0.3) is 0 Å². The van der Waals surface area contributed by atoms with E-state index in [4.69, 9.17) is 4.98 Å². The summed E-state index contributed by atoms with van der Waals surface area (Å²) in [6, 6.07) is 23.9. The van der Waals surface area contributed by atoms with Crippen molar-refractivity contribution < 1.29 is 0 Å². The van der Waals surface area contributed by atoms with Crippen molar-refractivity contribution in [1.82, 2.24) is 4.98 Å². The molecule has 0 N–H and O–H groups in total. The highest BCUT2D eigenvalue weighted by atomic mass is 79.9. The molecule has 0 radical (unpaired) electrons. The maximum Gasteiger partial charge on any atom is 0.0742 e. The minimum Gasteiger partial charge on any atom is -0.337 e. The van der Waals surface area contributed by atoms with E-state index in [9.17, 15) is 0 Å². The number of hydrogen-bond donors (Lipinski definition) is 0. The summed E-state index contributed by atoms with van der Waals surface area (Å²) in [4.78, 5) is 7.39. The van der Waals surface area contributed by atoms with E-state index in [1.54, 1.807) is 0 Å². The second-order valence-electron chi connectivity index (χ2n) is 6.66. The van der Waals surface area contributed by atoms with Crippen LogP contribution in [0.15, 0.2) is 71.2 Å². The Morgan fingerprint density at radius 3 is 2.60 bits per heavy atom. The summed E-state index contributed by atoms with van der Waals surface area (Å²) in [5.74, 6) is 0. The standard InChI is InChI=1S/C22H17BrN2/c1-14-13-15-7-2-5-12-20(15)25(14)22-16-8-3-4-10-18(16)24-19-11-6-9-17(23)21(19)22/h2-12,14H,13H2,1H3/t14-/m0/s1. The molecule has 0 unspecified atom stereocenters. The first-order valence-electron chi connectivity index (χ1n) is 8.58. The molecule has 122 valence electrons. The van der Waals surface area contributed by atoms with Crippen molar-refractivity contribution in [3.8, 4) is 0 Å². The maximum atomic E-state index is 4.89. The quantitative estimate of drug-likeness (QED) is 0.359. The fraction of sp³-hybridized carbons (Fsp3) is 0.136. The van der Waals surface area contributed by atoms with Crippen LogP contribution in [0.1, 0.15) is 12.5 Å². The lowest BCUT2D eigenvalue weighted by Gasteiger charge is -2.28. The summed E-state index contributed by atoms with van der Waals surface area (Å²) in [7, 11) is 0. The number of anilines is 2. The molecule has 5 rings (SSSR count). The van der Waals surface area contributed by atoms with Crippen LogP contribution in [0.3, 0.4) is 0 Å². The van der Waals surface area contributed by atoms with Crippen molar-refractivity contribution in [2.45, 2.75) is 19.4 Å². The fourth-order valence-electron chi connectivity index (χ4n) is 4.03. The van der Waals surface area contributed by atoms with Crippen molar-refractivity contribution in [1.29, 1.82) is 0 Å². The minimum atomic E-state index is 0.415. The zero-order valence-electron chi connectivity index (χ0n) is 13.9. The molecule has 1 atom stereocenters. The average Bonchev–Trinajstić information content (AvgIpc) is 2.96.